The lowest BCUT2D eigenvalue weighted by atomic mass is 9.90. The first kappa shape index (κ1) is 42.0. The summed E-state index contributed by atoms with van der Waals surface area (Å²) in [6, 6.07) is 22.8. The Morgan fingerprint density at radius 3 is 2.44 bits per heavy atom. The van der Waals surface area contributed by atoms with Gasteiger partial charge < -0.3 is 40.1 Å². The van der Waals surface area contributed by atoms with Crippen LogP contribution in [-0.2, 0) is 33.2 Å². The standard InChI is InChI=1S/C40H41F3N12O7/c1-2-54-51-35(50-52-54)31-30(57)33(58)39(61-31,47-20-28(24-11-5-3-6-12-24)25-13-7-4-8-14-25)32-29-34(46-22-45-29)49-37(48-32)53-17-16-26(21-53)55(62-36(59)40(41,42)43)38(60)44-19-23-10-9-15-27(56)18-23/h3-15,18,22,26,28,30-31,33,47,56-58H,2,16-17,19-21H2,1H3,(H,44,60)(H,45,46,48,49)/t26-,30-,31+,33-,39-/m1/s1. The molecule has 0 saturated carbocycles. The van der Waals surface area contributed by atoms with Gasteiger partial charge in [-0.3, -0.25) is 5.32 Å². The maximum Gasteiger partial charge on any atom is 0.493 e. The first-order chi connectivity index (χ1) is 29.8. The van der Waals surface area contributed by atoms with Gasteiger partial charge in [-0.25, -0.2) is 19.6 Å². The van der Waals surface area contributed by atoms with Gasteiger partial charge in [0.05, 0.1) is 18.9 Å². The number of hydroxylamine groups is 2. The molecule has 5 atom stereocenters. The number of carbonyl (C=O) groups is 2. The molecule has 0 radical (unpaired) electrons. The summed E-state index contributed by atoms with van der Waals surface area (Å²) in [6.45, 7) is 1.92. The third-order valence-corrected chi connectivity index (χ3v) is 10.7. The Morgan fingerprint density at radius 1 is 1.05 bits per heavy atom. The van der Waals surface area contributed by atoms with Crippen molar-refractivity contribution in [1.29, 1.82) is 0 Å². The van der Waals surface area contributed by atoms with Gasteiger partial charge in [-0.2, -0.15) is 23.0 Å². The Hall–Kier alpha value is -6.75. The number of aliphatic hydroxyl groups is 2. The highest BCUT2D eigenvalue weighted by atomic mass is 19.4. The number of alkyl halides is 3. The molecule has 324 valence electrons. The predicted octanol–water partition coefficient (Wildman–Crippen LogP) is 2.94. The van der Waals surface area contributed by atoms with Crippen molar-refractivity contribution in [3.63, 3.8) is 0 Å². The van der Waals surface area contributed by atoms with Gasteiger partial charge in [0, 0.05) is 32.1 Å². The van der Waals surface area contributed by atoms with Crippen molar-refractivity contribution in [2.75, 3.05) is 24.5 Å². The Balaban J connectivity index is 1.15. The molecule has 22 heteroatoms. The van der Waals surface area contributed by atoms with E-state index in [9.17, 15) is 38.1 Å². The van der Waals surface area contributed by atoms with Gasteiger partial charge >= 0.3 is 18.2 Å². The quantitative estimate of drug-likeness (QED) is 0.0970. The summed E-state index contributed by atoms with van der Waals surface area (Å²) < 4.78 is 47.2. The predicted molar refractivity (Wildman–Crippen MR) is 210 cm³/mol. The second-order valence-corrected chi connectivity index (χ2v) is 14.7. The van der Waals surface area contributed by atoms with E-state index in [1.807, 2.05) is 60.7 Å². The molecular weight excluding hydrogens is 818 g/mol. The number of nitrogens with one attached hydrogen (secondary N) is 3. The van der Waals surface area contributed by atoms with E-state index >= 15 is 0 Å². The topological polar surface area (TPSA) is 242 Å². The van der Waals surface area contributed by atoms with Crippen molar-refractivity contribution in [3.8, 4) is 5.75 Å². The van der Waals surface area contributed by atoms with Gasteiger partial charge in [0.1, 0.15) is 29.2 Å². The Bertz CT molecular complexity index is 2470. The molecule has 0 spiro atoms. The average molecular weight is 859 g/mol. The number of aromatic nitrogens is 8. The fourth-order valence-corrected chi connectivity index (χ4v) is 7.62. The van der Waals surface area contributed by atoms with Gasteiger partial charge in [0.25, 0.3) is 0 Å². The largest absolute Gasteiger partial charge is 0.508 e. The number of aromatic amines is 1. The fraction of sp³-hybridized carbons (Fsp3) is 0.350. The number of aryl methyl sites for hydroxylation is 1. The van der Waals surface area contributed by atoms with Crippen molar-refractivity contribution in [2.45, 2.75) is 68.6 Å². The third kappa shape index (κ3) is 8.44. The van der Waals surface area contributed by atoms with Crippen LogP contribution in [-0.4, -0.2) is 117 Å². The van der Waals surface area contributed by atoms with Gasteiger partial charge in [-0.1, -0.05) is 72.8 Å². The second kappa shape index (κ2) is 17.3. The van der Waals surface area contributed by atoms with Crippen molar-refractivity contribution >= 4 is 29.1 Å². The first-order valence-corrected chi connectivity index (χ1v) is 19.6. The van der Waals surface area contributed by atoms with Gasteiger partial charge in [-0.15, -0.1) is 15.3 Å². The number of carbonyl (C=O) groups excluding carboxylic acids is 2. The second-order valence-electron chi connectivity index (χ2n) is 14.7. The van der Waals surface area contributed by atoms with E-state index < -0.39 is 48.3 Å². The fourth-order valence-electron chi connectivity index (χ4n) is 7.62. The highest BCUT2D eigenvalue weighted by Gasteiger charge is 2.59. The zero-order valence-electron chi connectivity index (χ0n) is 32.9. The normalized spacial score (nSPS) is 21.4. The van der Waals surface area contributed by atoms with E-state index in [1.165, 1.54) is 29.3 Å². The van der Waals surface area contributed by atoms with E-state index in [1.54, 1.807) is 17.9 Å². The summed E-state index contributed by atoms with van der Waals surface area (Å²) >= 11 is 0. The van der Waals surface area contributed by atoms with E-state index in [-0.39, 0.29) is 72.9 Å². The van der Waals surface area contributed by atoms with Crippen LogP contribution in [0.3, 0.4) is 0 Å². The first-order valence-electron chi connectivity index (χ1n) is 19.6. The van der Waals surface area contributed by atoms with Gasteiger partial charge in [0.15, 0.2) is 17.5 Å². The number of benzene rings is 3. The van der Waals surface area contributed by atoms with Crippen LogP contribution in [0.25, 0.3) is 11.2 Å². The highest BCUT2D eigenvalue weighted by Crippen LogP contribution is 2.45. The van der Waals surface area contributed by atoms with Crippen molar-refractivity contribution in [2.24, 2.45) is 0 Å². The summed E-state index contributed by atoms with van der Waals surface area (Å²) in [7, 11) is 0. The minimum absolute atomic E-state index is 0.000127. The molecule has 19 nitrogen and oxygen atoms in total. The SMILES string of the molecule is CCn1nnc([C@H]2O[C@](NCC(c3ccccc3)c3ccccc3)(c3nc(N4CC[C@@H](N(OC(=O)C(F)(F)F)C(=O)NCc5cccc(O)c5)C4)nc4nc[nH]c34)[C@H](O)[C@@H]2O)n1. The van der Waals surface area contributed by atoms with Gasteiger partial charge in [-0.05, 0) is 47.4 Å². The molecule has 8 rings (SSSR count). The number of halogens is 3. The van der Waals surface area contributed by atoms with Crippen molar-refractivity contribution in [1.82, 2.24) is 55.8 Å². The molecule has 3 aromatic carbocycles. The lowest BCUT2D eigenvalue weighted by molar-refractivity contribution is -0.232. The van der Waals surface area contributed by atoms with Crippen LogP contribution in [0.4, 0.5) is 23.9 Å². The summed E-state index contributed by atoms with van der Waals surface area (Å²) in [6.07, 6.45) is -8.74. The van der Waals surface area contributed by atoms with Crippen LogP contribution in [0.2, 0.25) is 0 Å². The van der Waals surface area contributed by atoms with E-state index in [2.05, 4.69) is 45.8 Å². The number of amides is 2. The number of hydrogen-bond donors (Lipinski definition) is 6. The number of ether oxygens (including phenoxy) is 1. The molecule has 0 aliphatic carbocycles. The minimum atomic E-state index is -5.42. The summed E-state index contributed by atoms with van der Waals surface area (Å²) in [4.78, 5) is 49.9. The number of hydrogen-bond acceptors (Lipinski definition) is 15. The number of tetrazole rings is 1. The Morgan fingerprint density at radius 2 is 1.77 bits per heavy atom. The summed E-state index contributed by atoms with van der Waals surface area (Å²) in [5.41, 5.74) is 0.599. The van der Waals surface area contributed by atoms with Crippen LogP contribution >= 0.6 is 0 Å². The lowest BCUT2D eigenvalue weighted by Gasteiger charge is -2.35. The van der Waals surface area contributed by atoms with Crippen LogP contribution in [0.5, 0.6) is 5.75 Å². The molecule has 2 aliphatic heterocycles. The molecule has 0 unspecified atom stereocenters. The third-order valence-electron chi connectivity index (χ3n) is 10.7. The molecule has 6 N–H and O–H groups in total. The molecule has 62 heavy (non-hydrogen) atoms. The molecule has 0 bridgehead atoms. The number of nitrogens with zero attached hydrogens (tertiary/aromatic N) is 9. The number of aliphatic hydroxyl groups excluding tert-OH is 2. The van der Waals surface area contributed by atoms with Gasteiger partial charge in [0.2, 0.25) is 11.8 Å². The number of H-pyrrole nitrogens is 1. The van der Waals surface area contributed by atoms with E-state index in [0.29, 0.717) is 17.2 Å². The van der Waals surface area contributed by atoms with E-state index in [0.717, 1.165) is 11.1 Å². The van der Waals surface area contributed by atoms with Crippen molar-refractivity contribution < 1.29 is 47.7 Å². The minimum Gasteiger partial charge on any atom is -0.508 e. The number of phenols is 1. The van der Waals surface area contributed by atoms with E-state index in [4.69, 9.17) is 9.72 Å². The van der Waals surface area contributed by atoms with Crippen LogP contribution < -0.4 is 15.5 Å². The molecule has 6 aromatic rings. The highest BCUT2D eigenvalue weighted by molar-refractivity contribution is 5.80. The number of rotatable bonds is 12. The van der Waals surface area contributed by atoms with Crippen LogP contribution in [0, 0.1) is 0 Å². The van der Waals surface area contributed by atoms with Crippen molar-refractivity contribution in [3.05, 3.63) is 119 Å². The summed E-state index contributed by atoms with van der Waals surface area (Å²) in [5.74, 6) is -3.05. The molecule has 3 aromatic heterocycles. The number of anilines is 1. The zero-order valence-corrected chi connectivity index (χ0v) is 32.9. The number of imidazole rings is 1. The Kier molecular flexibility index (Phi) is 11.7. The monoisotopic (exact) mass is 858 g/mol. The van der Waals surface area contributed by atoms with Crippen LogP contribution in [0.15, 0.2) is 91.3 Å². The number of urea groups is 1. The Labute approximate surface area is 350 Å². The maximum absolute atomic E-state index is 13.5. The zero-order chi connectivity index (χ0) is 43.6. The lowest BCUT2D eigenvalue weighted by Crippen LogP contribution is -2.54. The molecular formula is C40H41F3N12O7. The molecule has 2 amide bonds. The number of fused-ring (bicyclic) bond motifs is 1. The number of aromatic hydroxyl groups is 1. The smallest absolute Gasteiger partial charge is 0.493 e. The molecule has 2 fully saturated rings. The van der Waals surface area contributed by atoms with Crippen LogP contribution in [0.1, 0.15) is 53.6 Å². The molecule has 2 aliphatic rings. The maximum atomic E-state index is 13.5. The average Bonchev–Trinajstić information content (AvgIpc) is 4.10. The molecule has 2 saturated heterocycles. The number of phenolic OH excluding ortho intramolecular Hbond substituents is 1. The summed E-state index contributed by atoms with van der Waals surface area (Å²) in [5, 5.41) is 52.4. The molecule has 5 heterocycles.